The number of hydroxylamine groups is 2. The molecule has 0 aromatic heterocycles. The van der Waals surface area contributed by atoms with Gasteiger partial charge in [0.05, 0.1) is 6.04 Å². The number of hydrogen-bond donors (Lipinski definition) is 3. The molecule has 130 valence electrons. The third kappa shape index (κ3) is 4.38. The number of rotatable bonds is 2. The van der Waals surface area contributed by atoms with Crippen LogP contribution in [0.5, 0.6) is 0 Å². The van der Waals surface area contributed by atoms with Gasteiger partial charge in [-0.3, -0.25) is 5.32 Å². The Morgan fingerprint density at radius 3 is 2.29 bits per heavy atom. The highest BCUT2D eigenvalue weighted by Gasteiger charge is 2.45. The normalized spacial score (nSPS) is 21.1. The predicted octanol–water partition coefficient (Wildman–Crippen LogP) is 3.59. The average molecular weight is 350 g/mol. The van der Waals surface area contributed by atoms with E-state index < -0.39 is 11.1 Å². The van der Waals surface area contributed by atoms with Crippen LogP contribution in [-0.2, 0) is 0 Å². The minimum Gasteiger partial charge on any atom is -0.326 e. The molecule has 1 saturated heterocycles. The first-order chi connectivity index (χ1) is 11.1. The number of benzene rings is 1. The third-order valence-corrected chi connectivity index (χ3v) is 4.46. The lowest BCUT2D eigenvalue weighted by Gasteiger charge is -2.50. The number of anilines is 1. The van der Waals surface area contributed by atoms with Crippen LogP contribution in [0.15, 0.2) is 29.3 Å². The van der Waals surface area contributed by atoms with Crippen molar-refractivity contribution in [2.24, 2.45) is 4.99 Å². The summed E-state index contributed by atoms with van der Waals surface area (Å²) in [7, 11) is 0. The first-order valence-corrected chi connectivity index (χ1v) is 8.26. The van der Waals surface area contributed by atoms with Crippen molar-refractivity contribution in [2.45, 2.75) is 57.7 Å². The van der Waals surface area contributed by atoms with E-state index in [1.54, 1.807) is 12.1 Å². The van der Waals surface area contributed by atoms with Crippen molar-refractivity contribution in [1.82, 2.24) is 10.4 Å². The molecule has 0 atom stereocenters. The van der Waals surface area contributed by atoms with Crippen LogP contribution in [-0.4, -0.2) is 33.3 Å². The molecule has 1 aromatic carbocycles. The van der Waals surface area contributed by atoms with Crippen LogP contribution < -0.4 is 10.6 Å². The summed E-state index contributed by atoms with van der Waals surface area (Å²) in [5.74, 6) is 0.391. The molecule has 1 heterocycles. The highest BCUT2D eigenvalue weighted by atomic mass is 35.5. The number of nitriles is 1. The molecule has 1 aliphatic heterocycles. The predicted molar refractivity (Wildman–Crippen MR) is 96.1 cm³/mol. The minimum atomic E-state index is -0.395. The van der Waals surface area contributed by atoms with Gasteiger partial charge in [-0.25, -0.2) is 4.99 Å². The van der Waals surface area contributed by atoms with Crippen molar-refractivity contribution in [3.63, 3.8) is 0 Å². The van der Waals surface area contributed by atoms with Gasteiger partial charge in [-0.1, -0.05) is 11.6 Å². The Kier molecular flexibility index (Phi) is 5.38. The van der Waals surface area contributed by atoms with Gasteiger partial charge in [-0.15, -0.1) is 0 Å². The summed E-state index contributed by atoms with van der Waals surface area (Å²) in [6, 6.07) is 7.16. The maximum absolute atomic E-state index is 10.4. The van der Waals surface area contributed by atoms with E-state index in [1.165, 1.54) is 5.06 Å². The summed E-state index contributed by atoms with van der Waals surface area (Å²) in [4.78, 5) is 4.67. The fraction of sp³-hybridized carbons (Fsp3) is 0.529. The summed E-state index contributed by atoms with van der Waals surface area (Å²) >= 11 is 5.89. The van der Waals surface area contributed by atoms with Gasteiger partial charge in [0.2, 0.25) is 5.96 Å². The van der Waals surface area contributed by atoms with E-state index in [-0.39, 0.29) is 6.04 Å². The maximum atomic E-state index is 10.4. The zero-order valence-corrected chi connectivity index (χ0v) is 15.2. The Balaban J connectivity index is 2.20. The lowest BCUT2D eigenvalue weighted by atomic mass is 9.79. The standard InChI is InChI=1S/C17H24ClN5O/c1-16(2)9-14(10-17(3,4)23(16)24)22-15(20-11-19)21-13-7-5-12(18)6-8-13/h5-8,14,24H,9-10H2,1-4H3,(H2,20,21,22). The van der Waals surface area contributed by atoms with Gasteiger partial charge in [0.1, 0.15) is 0 Å². The van der Waals surface area contributed by atoms with E-state index in [1.807, 2.05) is 46.0 Å². The van der Waals surface area contributed by atoms with Crippen molar-refractivity contribution >= 4 is 23.2 Å². The first kappa shape index (κ1) is 18.5. The van der Waals surface area contributed by atoms with Crippen molar-refractivity contribution in [3.05, 3.63) is 29.3 Å². The Labute approximate surface area is 148 Å². The average Bonchev–Trinajstić information content (AvgIpc) is 2.47. The van der Waals surface area contributed by atoms with E-state index in [4.69, 9.17) is 16.9 Å². The van der Waals surface area contributed by atoms with Crippen LogP contribution in [0, 0.1) is 11.5 Å². The van der Waals surface area contributed by atoms with Gasteiger partial charge in [-0.2, -0.15) is 10.3 Å². The minimum absolute atomic E-state index is 0.0194. The largest absolute Gasteiger partial charge is 0.326 e. The number of nitrogens with zero attached hydrogens (tertiary/aromatic N) is 3. The summed E-state index contributed by atoms with van der Waals surface area (Å²) in [6.07, 6.45) is 3.28. The van der Waals surface area contributed by atoms with Gasteiger partial charge >= 0.3 is 0 Å². The molecular weight excluding hydrogens is 326 g/mol. The van der Waals surface area contributed by atoms with E-state index in [9.17, 15) is 5.21 Å². The monoisotopic (exact) mass is 349 g/mol. The molecule has 24 heavy (non-hydrogen) atoms. The SMILES string of the molecule is CC1(C)CC(N=C(NC#N)Nc2ccc(Cl)cc2)CC(C)(C)N1O. The van der Waals surface area contributed by atoms with Crippen molar-refractivity contribution in [2.75, 3.05) is 5.32 Å². The summed E-state index contributed by atoms with van der Waals surface area (Å²) < 4.78 is 0. The molecule has 0 bridgehead atoms. The lowest BCUT2D eigenvalue weighted by Crippen LogP contribution is -2.60. The number of guanidine groups is 1. The molecule has 0 unspecified atom stereocenters. The quantitative estimate of drug-likeness (QED) is 0.329. The Hall–Kier alpha value is -1.81. The van der Waals surface area contributed by atoms with Crippen LogP contribution in [0.2, 0.25) is 5.02 Å². The lowest BCUT2D eigenvalue weighted by molar-refractivity contribution is -0.244. The Bertz CT molecular complexity index is 630. The smallest absolute Gasteiger partial charge is 0.209 e. The van der Waals surface area contributed by atoms with E-state index >= 15 is 0 Å². The molecule has 6 nitrogen and oxygen atoms in total. The summed E-state index contributed by atoms with van der Waals surface area (Å²) in [5, 5.41) is 27.1. The van der Waals surface area contributed by atoms with E-state index in [0.717, 1.165) is 5.69 Å². The van der Waals surface area contributed by atoms with Gasteiger partial charge in [0, 0.05) is 21.8 Å². The van der Waals surface area contributed by atoms with E-state index in [2.05, 4.69) is 15.6 Å². The summed E-state index contributed by atoms with van der Waals surface area (Å²) in [5.41, 5.74) is 0.000957. The number of halogens is 1. The molecule has 7 heteroatoms. The van der Waals surface area contributed by atoms with Gasteiger partial charge in [0.25, 0.3) is 0 Å². The molecule has 1 aliphatic rings. The topological polar surface area (TPSA) is 83.7 Å². The number of piperidine rings is 1. The second kappa shape index (κ2) is 6.98. The highest BCUT2D eigenvalue weighted by Crippen LogP contribution is 2.37. The maximum Gasteiger partial charge on any atom is 0.209 e. The number of aliphatic imine (C=N–C) groups is 1. The van der Waals surface area contributed by atoms with Gasteiger partial charge in [-0.05, 0) is 64.8 Å². The summed E-state index contributed by atoms with van der Waals surface area (Å²) in [6.45, 7) is 7.95. The van der Waals surface area contributed by atoms with Crippen LogP contribution in [0.1, 0.15) is 40.5 Å². The molecule has 0 amide bonds. The molecule has 0 spiro atoms. The zero-order valence-electron chi connectivity index (χ0n) is 14.5. The third-order valence-electron chi connectivity index (χ3n) is 4.21. The Morgan fingerprint density at radius 2 is 1.79 bits per heavy atom. The molecule has 1 aromatic rings. The van der Waals surface area contributed by atoms with Crippen LogP contribution in [0.3, 0.4) is 0 Å². The van der Waals surface area contributed by atoms with Crippen LogP contribution in [0.4, 0.5) is 5.69 Å². The fourth-order valence-corrected chi connectivity index (χ4v) is 3.44. The van der Waals surface area contributed by atoms with Crippen LogP contribution in [0.25, 0.3) is 0 Å². The van der Waals surface area contributed by atoms with Crippen molar-refractivity contribution < 1.29 is 5.21 Å². The molecule has 1 fully saturated rings. The first-order valence-electron chi connectivity index (χ1n) is 7.89. The second-order valence-electron chi connectivity index (χ2n) is 7.35. The van der Waals surface area contributed by atoms with Crippen LogP contribution >= 0.6 is 11.6 Å². The molecular formula is C17H24ClN5O. The van der Waals surface area contributed by atoms with Gasteiger partial charge < -0.3 is 10.5 Å². The molecule has 0 aliphatic carbocycles. The molecule has 3 N–H and O–H groups in total. The van der Waals surface area contributed by atoms with Crippen molar-refractivity contribution in [3.8, 4) is 6.19 Å². The van der Waals surface area contributed by atoms with Gasteiger partial charge in [0.15, 0.2) is 6.19 Å². The van der Waals surface area contributed by atoms with Crippen molar-refractivity contribution in [1.29, 1.82) is 5.26 Å². The highest BCUT2D eigenvalue weighted by molar-refractivity contribution is 6.30. The van der Waals surface area contributed by atoms with E-state index in [0.29, 0.717) is 23.8 Å². The molecule has 0 saturated carbocycles. The number of nitrogens with one attached hydrogen (secondary N) is 2. The molecule has 2 rings (SSSR count). The Morgan fingerprint density at radius 1 is 1.25 bits per heavy atom. The number of hydrogen-bond acceptors (Lipinski definition) is 4. The zero-order chi connectivity index (χ0) is 18.0. The molecule has 0 radical (unpaired) electrons. The second-order valence-corrected chi connectivity index (χ2v) is 7.78. The fourth-order valence-electron chi connectivity index (χ4n) is 3.31.